The molecule has 0 spiro atoms. The van der Waals surface area contributed by atoms with Gasteiger partial charge in [-0.05, 0) is 50.5 Å². The van der Waals surface area contributed by atoms with E-state index in [-0.39, 0.29) is 11.8 Å². The van der Waals surface area contributed by atoms with Crippen LogP contribution in [0.4, 0.5) is 5.69 Å². The molecule has 6 heteroatoms. The minimum Gasteiger partial charge on any atom is -0.423 e. The lowest BCUT2D eigenvalue weighted by atomic mass is 9.80. The molecule has 1 aliphatic rings. The van der Waals surface area contributed by atoms with Gasteiger partial charge in [0.05, 0.1) is 0 Å². The highest BCUT2D eigenvalue weighted by atomic mass is 16.4. The predicted molar refractivity (Wildman–Crippen MR) is 79.9 cm³/mol. The second-order valence-corrected chi connectivity index (χ2v) is 5.08. The monoisotopic (exact) mass is 276 g/mol. The van der Waals surface area contributed by atoms with Crippen LogP contribution in [0.1, 0.15) is 19.8 Å². The number of nitrogens with zero attached hydrogens (tertiary/aromatic N) is 1. The summed E-state index contributed by atoms with van der Waals surface area (Å²) in [6, 6.07) is 6.86. The third-order valence-electron chi connectivity index (χ3n) is 3.75. The number of rotatable bonds is 4. The Morgan fingerprint density at radius 1 is 1.40 bits per heavy atom. The summed E-state index contributed by atoms with van der Waals surface area (Å²) in [5, 5.41) is 21.7. The van der Waals surface area contributed by atoms with Gasteiger partial charge in [0.2, 0.25) is 5.91 Å². The number of hydrogen-bond acceptors (Lipinski definition) is 4. The second kappa shape index (κ2) is 6.88. The van der Waals surface area contributed by atoms with Crippen molar-refractivity contribution in [3.05, 3.63) is 24.3 Å². The van der Waals surface area contributed by atoms with Gasteiger partial charge in [0, 0.05) is 18.2 Å². The van der Waals surface area contributed by atoms with Gasteiger partial charge in [0.15, 0.2) is 0 Å². The molecule has 0 atom stereocenters. The molecule has 1 amide bonds. The van der Waals surface area contributed by atoms with E-state index in [1.165, 1.54) is 0 Å². The fourth-order valence-electron chi connectivity index (χ4n) is 2.61. The molecular weight excluding hydrogens is 255 g/mol. The van der Waals surface area contributed by atoms with E-state index in [2.05, 4.69) is 5.32 Å². The summed E-state index contributed by atoms with van der Waals surface area (Å²) < 4.78 is 0. The van der Waals surface area contributed by atoms with Crippen molar-refractivity contribution in [2.75, 3.05) is 24.5 Å². The molecule has 1 aliphatic heterocycles. The lowest BCUT2D eigenvalue weighted by Crippen LogP contribution is -2.41. The van der Waals surface area contributed by atoms with Crippen molar-refractivity contribution in [1.82, 2.24) is 5.32 Å². The Labute approximate surface area is 119 Å². The van der Waals surface area contributed by atoms with Crippen LogP contribution in [-0.4, -0.2) is 42.7 Å². The fourth-order valence-corrected chi connectivity index (χ4v) is 2.61. The van der Waals surface area contributed by atoms with Crippen molar-refractivity contribution in [3.63, 3.8) is 0 Å². The number of carbonyl (C=O) groups is 1. The quantitative estimate of drug-likeness (QED) is 0.661. The van der Waals surface area contributed by atoms with Crippen LogP contribution < -0.4 is 15.7 Å². The number of benzene rings is 1. The van der Waals surface area contributed by atoms with Crippen LogP contribution in [0.25, 0.3) is 0 Å². The molecule has 1 fully saturated rings. The standard InChI is InChI=1S/C14H21BN2O3/c1-2-17(14(18)11-6-8-16-9-7-11)13-5-3-4-12(10-13)15(19)20/h3-5,10-11,16,19-20H,2,6-9H2,1H3. The van der Waals surface area contributed by atoms with Crippen LogP contribution in [0.15, 0.2) is 24.3 Å². The molecular formula is C14H21BN2O3. The maximum Gasteiger partial charge on any atom is 0.488 e. The lowest BCUT2D eigenvalue weighted by molar-refractivity contribution is -0.123. The molecule has 0 unspecified atom stereocenters. The first-order valence-corrected chi connectivity index (χ1v) is 7.11. The molecule has 0 aromatic heterocycles. The van der Waals surface area contributed by atoms with Crippen molar-refractivity contribution in [3.8, 4) is 0 Å². The Hall–Kier alpha value is -1.37. The van der Waals surface area contributed by atoms with E-state index >= 15 is 0 Å². The van der Waals surface area contributed by atoms with E-state index in [0.29, 0.717) is 12.0 Å². The summed E-state index contributed by atoms with van der Waals surface area (Å²) in [4.78, 5) is 14.3. The number of amides is 1. The van der Waals surface area contributed by atoms with E-state index in [4.69, 9.17) is 0 Å². The van der Waals surface area contributed by atoms with Gasteiger partial charge in [-0.2, -0.15) is 0 Å². The molecule has 1 aromatic carbocycles. The maximum absolute atomic E-state index is 12.6. The molecule has 3 N–H and O–H groups in total. The zero-order valence-corrected chi connectivity index (χ0v) is 11.7. The number of carbonyl (C=O) groups excluding carboxylic acids is 1. The minimum absolute atomic E-state index is 0.0545. The van der Waals surface area contributed by atoms with Crippen LogP contribution >= 0.6 is 0 Å². The van der Waals surface area contributed by atoms with Gasteiger partial charge in [-0.25, -0.2) is 0 Å². The van der Waals surface area contributed by atoms with Crippen molar-refractivity contribution >= 4 is 24.2 Å². The molecule has 1 heterocycles. The maximum atomic E-state index is 12.6. The topological polar surface area (TPSA) is 72.8 Å². The average Bonchev–Trinajstić information content (AvgIpc) is 2.49. The summed E-state index contributed by atoms with van der Waals surface area (Å²) in [6.45, 7) is 4.27. The summed E-state index contributed by atoms with van der Waals surface area (Å²) in [5.41, 5.74) is 1.13. The van der Waals surface area contributed by atoms with Crippen LogP contribution in [0.2, 0.25) is 0 Å². The first-order valence-electron chi connectivity index (χ1n) is 7.11. The first-order chi connectivity index (χ1) is 9.63. The van der Waals surface area contributed by atoms with E-state index < -0.39 is 7.12 Å². The SMILES string of the molecule is CCN(C(=O)C1CCNCC1)c1cccc(B(O)O)c1. The van der Waals surface area contributed by atoms with E-state index in [9.17, 15) is 14.8 Å². The van der Waals surface area contributed by atoms with Gasteiger partial charge in [0.25, 0.3) is 0 Å². The summed E-state index contributed by atoms with van der Waals surface area (Å²) in [7, 11) is -1.51. The van der Waals surface area contributed by atoms with Crippen LogP contribution in [0, 0.1) is 5.92 Å². The zero-order valence-electron chi connectivity index (χ0n) is 11.7. The van der Waals surface area contributed by atoms with Crippen LogP contribution in [-0.2, 0) is 4.79 Å². The Bertz CT molecular complexity index is 461. The zero-order chi connectivity index (χ0) is 14.5. The number of anilines is 1. The minimum atomic E-state index is -1.51. The average molecular weight is 276 g/mol. The van der Waals surface area contributed by atoms with E-state index in [1.807, 2.05) is 13.0 Å². The van der Waals surface area contributed by atoms with Crippen LogP contribution in [0.3, 0.4) is 0 Å². The van der Waals surface area contributed by atoms with Gasteiger partial charge in [-0.15, -0.1) is 0 Å². The lowest BCUT2D eigenvalue weighted by Gasteiger charge is -2.29. The van der Waals surface area contributed by atoms with E-state index in [1.54, 1.807) is 23.1 Å². The Morgan fingerprint density at radius 3 is 2.70 bits per heavy atom. The van der Waals surface area contributed by atoms with Gasteiger partial charge in [0.1, 0.15) is 0 Å². The highest BCUT2D eigenvalue weighted by Crippen LogP contribution is 2.20. The summed E-state index contributed by atoms with van der Waals surface area (Å²) >= 11 is 0. The molecule has 0 radical (unpaired) electrons. The number of nitrogens with one attached hydrogen (secondary N) is 1. The number of hydrogen-bond donors (Lipinski definition) is 3. The highest BCUT2D eigenvalue weighted by Gasteiger charge is 2.26. The predicted octanol–water partition coefficient (Wildman–Crippen LogP) is -0.281. The molecule has 1 aromatic rings. The van der Waals surface area contributed by atoms with Gasteiger partial charge < -0.3 is 20.3 Å². The van der Waals surface area contributed by atoms with Gasteiger partial charge in [-0.1, -0.05) is 12.1 Å². The van der Waals surface area contributed by atoms with Crippen molar-refractivity contribution < 1.29 is 14.8 Å². The molecule has 108 valence electrons. The second-order valence-electron chi connectivity index (χ2n) is 5.08. The number of piperidine rings is 1. The highest BCUT2D eigenvalue weighted by molar-refractivity contribution is 6.58. The molecule has 2 rings (SSSR count). The third-order valence-corrected chi connectivity index (χ3v) is 3.75. The molecule has 5 nitrogen and oxygen atoms in total. The molecule has 20 heavy (non-hydrogen) atoms. The molecule has 0 bridgehead atoms. The third kappa shape index (κ3) is 3.39. The van der Waals surface area contributed by atoms with Crippen molar-refractivity contribution in [2.45, 2.75) is 19.8 Å². The van der Waals surface area contributed by atoms with Crippen LogP contribution in [0.5, 0.6) is 0 Å². The van der Waals surface area contributed by atoms with E-state index in [0.717, 1.165) is 31.6 Å². The summed E-state index contributed by atoms with van der Waals surface area (Å²) in [6.07, 6.45) is 1.72. The molecule has 1 saturated heterocycles. The Kier molecular flexibility index (Phi) is 5.17. The smallest absolute Gasteiger partial charge is 0.423 e. The molecule has 0 saturated carbocycles. The molecule has 0 aliphatic carbocycles. The van der Waals surface area contributed by atoms with Crippen molar-refractivity contribution in [2.24, 2.45) is 5.92 Å². The summed E-state index contributed by atoms with van der Waals surface area (Å²) in [5.74, 6) is 0.178. The Balaban J connectivity index is 2.18. The normalized spacial score (nSPS) is 15.9. The van der Waals surface area contributed by atoms with Gasteiger partial charge >= 0.3 is 7.12 Å². The fraction of sp³-hybridized carbons (Fsp3) is 0.500. The first kappa shape index (κ1) is 15.0. The largest absolute Gasteiger partial charge is 0.488 e. The van der Waals surface area contributed by atoms with Crippen molar-refractivity contribution in [1.29, 1.82) is 0 Å². The Morgan fingerprint density at radius 2 is 2.10 bits per heavy atom. The van der Waals surface area contributed by atoms with Gasteiger partial charge in [-0.3, -0.25) is 4.79 Å².